The lowest BCUT2D eigenvalue weighted by atomic mass is 10.1. The molecule has 1 aliphatic rings. The van der Waals surface area contributed by atoms with Crippen LogP contribution >= 0.6 is 0 Å². The van der Waals surface area contributed by atoms with Crippen molar-refractivity contribution < 1.29 is 4.79 Å². The monoisotopic (exact) mass is 236 g/mol. The Hall–Kier alpha value is -1.36. The zero-order valence-electron chi connectivity index (χ0n) is 10.6. The maximum atomic E-state index is 11.9. The fourth-order valence-electron chi connectivity index (χ4n) is 2.61. The summed E-state index contributed by atoms with van der Waals surface area (Å²) in [4.78, 5) is 13.8. The molecule has 5 heteroatoms. The molecule has 1 saturated heterocycles. The van der Waals surface area contributed by atoms with Gasteiger partial charge in [-0.3, -0.25) is 9.48 Å². The van der Waals surface area contributed by atoms with Gasteiger partial charge in [-0.15, -0.1) is 0 Å². The number of hydrogen-bond acceptors (Lipinski definition) is 3. The Kier molecular flexibility index (Phi) is 3.19. The summed E-state index contributed by atoms with van der Waals surface area (Å²) in [6.45, 7) is 6.88. The van der Waals surface area contributed by atoms with Crippen LogP contribution in [-0.4, -0.2) is 32.7 Å². The first-order chi connectivity index (χ1) is 8.06. The van der Waals surface area contributed by atoms with Gasteiger partial charge in [-0.05, 0) is 26.8 Å². The zero-order chi connectivity index (χ0) is 12.6. The Morgan fingerprint density at radius 3 is 2.88 bits per heavy atom. The number of aryl methyl sites for hydroxylation is 1. The molecule has 2 rings (SSSR count). The molecule has 0 radical (unpaired) electrons. The number of carbonyl (C=O) groups is 1. The van der Waals surface area contributed by atoms with Gasteiger partial charge in [-0.1, -0.05) is 0 Å². The van der Waals surface area contributed by atoms with Gasteiger partial charge < -0.3 is 10.6 Å². The van der Waals surface area contributed by atoms with Crippen molar-refractivity contribution in [1.29, 1.82) is 0 Å². The highest BCUT2D eigenvalue weighted by Gasteiger charge is 2.41. The molecule has 5 nitrogen and oxygen atoms in total. The first-order valence-electron chi connectivity index (χ1n) is 6.14. The number of carbonyl (C=O) groups excluding carboxylic acids is 1. The highest BCUT2D eigenvalue weighted by Crippen LogP contribution is 2.33. The molecule has 0 aromatic carbocycles. The molecular formula is C12H20N4O. The molecule has 1 aliphatic heterocycles. The van der Waals surface area contributed by atoms with Crippen molar-refractivity contribution in [2.45, 2.75) is 51.9 Å². The molecule has 1 aromatic heterocycles. The van der Waals surface area contributed by atoms with Gasteiger partial charge in [0.2, 0.25) is 5.91 Å². The molecule has 1 fully saturated rings. The summed E-state index contributed by atoms with van der Waals surface area (Å²) < 4.78 is 1.92. The van der Waals surface area contributed by atoms with E-state index in [0.29, 0.717) is 6.42 Å². The van der Waals surface area contributed by atoms with E-state index in [1.165, 1.54) is 0 Å². The predicted molar refractivity (Wildman–Crippen MR) is 65.2 cm³/mol. The van der Waals surface area contributed by atoms with Crippen molar-refractivity contribution in [3.8, 4) is 0 Å². The lowest BCUT2D eigenvalue weighted by molar-refractivity contribution is -0.130. The molecule has 0 unspecified atom stereocenters. The number of amides is 1. The second-order valence-electron chi connectivity index (χ2n) is 4.78. The number of aromatic nitrogens is 2. The summed E-state index contributed by atoms with van der Waals surface area (Å²) in [6, 6.07) is 1.96. The van der Waals surface area contributed by atoms with Gasteiger partial charge in [-0.2, -0.15) is 5.10 Å². The Morgan fingerprint density at radius 2 is 2.29 bits per heavy atom. The molecular weight excluding hydrogens is 216 g/mol. The van der Waals surface area contributed by atoms with Gasteiger partial charge in [0.05, 0.1) is 11.7 Å². The van der Waals surface area contributed by atoms with Crippen molar-refractivity contribution >= 4 is 5.91 Å². The molecule has 94 valence electrons. The summed E-state index contributed by atoms with van der Waals surface area (Å²) >= 11 is 0. The highest BCUT2D eigenvalue weighted by atomic mass is 16.2. The molecule has 0 bridgehead atoms. The third-order valence-corrected chi connectivity index (χ3v) is 3.31. The Morgan fingerprint density at radius 1 is 1.59 bits per heavy atom. The number of nitrogens with zero attached hydrogens (tertiary/aromatic N) is 3. The van der Waals surface area contributed by atoms with Crippen LogP contribution < -0.4 is 5.73 Å². The van der Waals surface area contributed by atoms with Crippen LogP contribution in [0.1, 0.15) is 38.9 Å². The summed E-state index contributed by atoms with van der Waals surface area (Å²) in [7, 11) is 0. The third-order valence-electron chi connectivity index (χ3n) is 3.31. The van der Waals surface area contributed by atoms with Crippen molar-refractivity contribution in [1.82, 2.24) is 14.7 Å². The van der Waals surface area contributed by atoms with Gasteiger partial charge in [-0.25, -0.2) is 0 Å². The van der Waals surface area contributed by atoms with E-state index >= 15 is 0 Å². The van der Waals surface area contributed by atoms with Crippen LogP contribution in [0, 0.1) is 0 Å². The van der Waals surface area contributed by atoms with E-state index in [9.17, 15) is 4.79 Å². The van der Waals surface area contributed by atoms with E-state index in [-0.39, 0.29) is 24.0 Å². The van der Waals surface area contributed by atoms with Gasteiger partial charge in [0.1, 0.15) is 0 Å². The molecule has 17 heavy (non-hydrogen) atoms. The third kappa shape index (κ3) is 1.95. The molecule has 0 spiro atoms. The molecule has 0 aliphatic carbocycles. The zero-order valence-corrected chi connectivity index (χ0v) is 10.6. The van der Waals surface area contributed by atoms with E-state index < -0.39 is 0 Å². The van der Waals surface area contributed by atoms with Crippen molar-refractivity contribution in [3.05, 3.63) is 18.0 Å². The van der Waals surface area contributed by atoms with Crippen LogP contribution in [0.25, 0.3) is 0 Å². The standard InChI is InChI=1S/C12H20N4O/c1-4-15-10(5-6-14-15)12-9(13)7-11(17)16(12)8(2)3/h5-6,8-9,12H,4,7,13H2,1-3H3/t9-,12-/m0/s1. The van der Waals surface area contributed by atoms with Crippen LogP contribution in [0.3, 0.4) is 0 Å². The van der Waals surface area contributed by atoms with Crippen molar-refractivity contribution in [3.63, 3.8) is 0 Å². The number of hydrogen-bond donors (Lipinski definition) is 1. The maximum absolute atomic E-state index is 11.9. The average Bonchev–Trinajstić information content (AvgIpc) is 2.81. The molecule has 2 N–H and O–H groups in total. The van der Waals surface area contributed by atoms with Crippen LogP contribution in [0.4, 0.5) is 0 Å². The van der Waals surface area contributed by atoms with Gasteiger partial charge >= 0.3 is 0 Å². The predicted octanol–water partition coefficient (Wildman–Crippen LogP) is 0.912. The van der Waals surface area contributed by atoms with Crippen LogP contribution in [0.15, 0.2) is 12.3 Å². The van der Waals surface area contributed by atoms with E-state index in [2.05, 4.69) is 5.10 Å². The first-order valence-corrected chi connectivity index (χ1v) is 6.14. The summed E-state index contributed by atoms with van der Waals surface area (Å²) in [5, 5.41) is 4.26. The SMILES string of the molecule is CCn1nccc1[C@@H]1[C@@H](N)CC(=O)N1C(C)C. The van der Waals surface area contributed by atoms with Crippen molar-refractivity contribution in [2.75, 3.05) is 0 Å². The Bertz CT molecular complexity index is 412. The Labute approximate surface area is 102 Å². The Balaban J connectivity index is 2.38. The fourth-order valence-corrected chi connectivity index (χ4v) is 2.61. The molecule has 0 saturated carbocycles. The van der Waals surface area contributed by atoms with Gasteiger partial charge in [0.25, 0.3) is 0 Å². The summed E-state index contributed by atoms with van der Waals surface area (Å²) in [5.41, 5.74) is 7.15. The maximum Gasteiger partial charge on any atom is 0.225 e. The number of nitrogens with two attached hydrogens (primary N) is 1. The second kappa shape index (κ2) is 4.49. The molecule has 2 heterocycles. The summed E-state index contributed by atoms with van der Waals surface area (Å²) in [5.74, 6) is 0.140. The van der Waals surface area contributed by atoms with Gasteiger partial charge in [0.15, 0.2) is 0 Å². The van der Waals surface area contributed by atoms with E-state index in [0.717, 1.165) is 12.2 Å². The van der Waals surface area contributed by atoms with E-state index in [1.807, 2.05) is 36.4 Å². The second-order valence-corrected chi connectivity index (χ2v) is 4.78. The fraction of sp³-hybridized carbons (Fsp3) is 0.667. The topological polar surface area (TPSA) is 64.2 Å². The minimum Gasteiger partial charge on any atom is -0.330 e. The normalized spacial score (nSPS) is 25.0. The van der Waals surface area contributed by atoms with E-state index in [4.69, 9.17) is 5.73 Å². The summed E-state index contributed by atoms with van der Waals surface area (Å²) in [6.07, 6.45) is 2.20. The lowest BCUT2D eigenvalue weighted by Gasteiger charge is -2.30. The number of likely N-dealkylation sites (tertiary alicyclic amines) is 1. The number of rotatable bonds is 3. The largest absolute Gasteiger partial charge is 0.330 e. The smallest absolute Gasteiger partial charge is 0.225 e. The quantitative estimate of drug-likeness (QED) is 0.848. The van der Waals surface area contributed by atoms with Crippen LogP contribution in [-0.2, 0) is 11.3 Å². The van der Waals surface area contributed by atoms with E-state index in [1.54, 1.807) is 6.20 Å². The minimum atomic E-state index is -0.133. The molecule has 2 atom stereocenters. The van der Waals surface area contributed by atoms with Gasteiger partial charge in [0, 0.05) is 31.2 Å². The van der Waals surface area contributed by atoms with Crippen molar-refractivity contribution in [2.24, 2.45) is 5.73 Å². The first kappa shape index (κ1) is 12.1. The highest BCUT2D eigenvalue weighted by molar-refractivity contribution is 5.80. The minimum absolute atomic E-state index is 0.0371. The van der Waals surface area contributed by atoms with Crippen LogP contribution in [0.5, 0.6) is 0 Å². The molecule has 1 aromatic rings. The lowest BCUT2D eigenvalue weighted by Crippen LogP contribution is -2.38. The van der Waals surface area contributed by atoms with Crippen LogP contribution in [0.2, 0.25) is 0 Å². The molecule has 1 amide bonds. The average molecular weight is 236 g/mol.